The zero-order valence-corrected chi connectivity index (χ0v) is 12.0. The third-order valence-corrected chi connectivity index (χ3v) is 3.21. The van der Waals surface area contributed by atoms with Gasteiger partial charge in [-0.15, -0.1) is 5.10 Å². The first kappa shape index (κ1) is 13.9. The molecule has 0 atom stereocenters. The van der Waals surface area contributed by atoms with Gasteiger partial charge in [-0.1, -0.05) is 0 Å². The topological polar surface area (TPSA) is 86.0 Å². The average molecular weight is 299 g/mol. The molecule has 7 nitrogen and oxygen atoms in total. The summed E-state index contributed by atoms with van der Waals surface area (Å²) in [4.78, 5) is 16.1. The lowest BCUT2D eigenvalue weighted by atomic mass is 10.2. The number of rotatable bonds is 3. The standard InChI is InChI=1S/C15H13N3O4/c1-21-12-8-9(5-6-11(12)19)13-16-14-10(15(20)22-2)4-3-7-18(14)17-13/h3-8,19H,1-2H3. The zero-order valence-electron chi connectivity index (χ0n) is 12.0. The minimum Gasteiger partial charge on any atom is -0.504 e. The van der Waals surface area contributed by atoms with Crippen LogP contribution in [0.2, 0.25) is 0 Å². The Bertz CT molecular complexity index is 857. The Morgan fingerprint density at radius 1 is 1.27 bits per heavy atom. The summed E-state index contributed by atoms with van der Waals surface area (Å²) in [5, 5.41) is 14.0. The second kappa shape index (κ2) is 5.36. The molecule has 0 fully saturated rings. The molecule has 7 heteroatoms. The van der Waals surface area contributed by atoms with Crippen molar-refractivity contribution in [3.63, 3.8) is 0 Å². The normalized spacial score (nSPS) is 10.6. The van der Waals surface area contributed by atoms with Crippen molar-refractivity contribution in [2.75, 3.05) is 14.2 Å². The molecular weight excluding hydrogens is 286 g/mol. The van der Waals surface area contributed by atoms with Gasteiger partial charge in [0, 0.05) is 11.8 Å². The quantitative estimate of drug-likeness (QED) is 0.743. The first-order chi connectivity index (χ1) is 10.6. The van der Waals surface area contributed by atoms with Crippen LogP contribution in [0.4, 0.5) is 0 Å². The molecule has 0 saturated carbocycles. The summed E-state index contributed by atoms with van der Waals surface area (Å²) in [5.41, 5.74) is 1.39. The number of phenolic OH excluding ortho intramolecular Hbond substituents is 1. The van der Waals surface area contributed by atoms with Crippen LogP contribution in [0.3, 0.4) is 0 Å². The molecule has 3 rings (SSSR count). The van der Waals surface area contributed by atoms with E-state index in [-0.39, 0.29) is 5.75 Å². The molecule has 0 aliphatic heterocycles. The molecule has 1 aromatic carbocycles. The second-order valence-corrected chi connectivity index (χ2v) is 4.50. The van der Waals surface area contributed by atoms with Crippen molar-refractivity contribution in [2.24, 2.45) is 0 Å². The SMILES string of the molecule is COC(=O)c1cccn2nc(-c3ccc(O)c(OC)c3)nc12. The molecule has 0 amide bonds. The minimum atomic E-state index is -0.479. The summed E-state index contributed by atoms with van der Waals surface area (Å²) >= 11 is 0. The van der Waals surface area contributed by atoms with E-state index in [9.17, 15) is 9.90 Å². The van der Waals surface area contributed by atoms with Crippen LogP contribution in [-0.4, -0.2) is 39.9 Å². The number of benzene rings is 1. The first-order valence-electron chi connectivity index (χ1n) is 6.45. The van der Waals surface area contributed by atoms with Crippen LogP contribution in [0, 0.1) is 0 Å². The smallest absolute Gasteiger partial charge is 0.341 e. The summed E-state index contributed by atoms with van der Waals surface area (Å²) in [7, 11) is 2.78. The van der Waals surface area contributed by atoms with Gasteiger partial charge in [0.05, 0.1) is 14.2 Å². The number of esters is 1. The zero-order chi connectivity index (χ0) is 15.7. The lowest BCUT2D eigenvalue weighted by Gasteiger charge is -2.03. The molecule has 22 heavy (non-hydrogen) atoms. The molecule has 0 unspecified atom stereocenters. The third-order valence-electron chi connectivity index (χ3n) is 3.21. The van der Waals surface area contributed by atoms with Crippen molar-refractivity contribution >= 4 is 11.6 Å². The van der Waals surface area contributed by atoms with Crippen LogP contribution in [-0.2, 0) is 4.74 Å². The van der Waals surface area contributed by atoms with E-state index in [2.05, 4.69) is 10.1 Å². The fraction of sp³-hybridized carbons (Fsp3) is 0.133. The van der Waals surface area contributed by atoms with E-state index in [0.717, 1.165) is 0 Å². The van der Waals surface area contributed by atoms with Gasteiger partial charge < -0.3 is 14.6 Å². The highest BCUT2D eigenvalue weighted by Crippen LogP contribution is 2.30. The molecule has 2 heterocycles. The number of methoxy groups -OCH3 is 2. The number of carbonyl (C=O) groups excluding carboxylic acids is 1. The van der Waals surface area contributed by atoms with Gasteiger partial charge in [-0.3, -0.25) is 0 Å². The van der Waals surface area contributed by atoms with E-state index in [1.807, 2.05) is 0 Å². The molecule has 0 spiro atoms. The fourth-order valence-electron chi connectivity index (χ4n) is 2.11. The molecule has 0 saturated heterocycles. The Kier molecular flexibility index (Phi) is 3.38. The number of fused-ring (bicyclic) bond motifs is 1. The van der Waals surface area contributed by atoms with E-state index >= 15 is 0 Å². The number of hydrogen-bond acceptors (Lipinski definition) is 6. The number of pyridine rings is 1. The molecule has 2 aromatic heterocycles. The van der Waals surface area contributed by atoms with E-state index in [0.29, 0.717) is 28.3 Å². The summed E-state index contributed by atoms with van der Waals surface area (Å²) in [5.74, 6) is 0.289. The van der Waals surface area contributed by atoms with Gasteiger partial charge in [-0.25, -0.2) is 14.3 Å². The van der Waals surface area contributed by atoms with Crippen molar-refractivity contribution in [2.45, 2.75) is 0 Å². The largest absolute Gasteiger partial charge is 0.504 e. The van der Waals surface area contributed by atoms with E-state index in [1.165, 1.54) is 24.8 Å². The van der Waals surface area contributed by atoms with Crippen molar-refractivity contribution in [1.82, 2.24) is 14.6 Å². The van der Waals surface area contributed by atoms with Crippen LogP contribution in [0.1, 0.15) is 10.4 Å². The Balaban J connectivity index is 2.15. The van der Waals surface area contributed by atoms with E-state index in [4.69, 9.17) is 9.47 Å². The summed E-state index contributed by atoms with van der Waals surface area (Å²) < 4.78 is 11.3. The second-order valence-electron chi connectivity index (χ2n) is 4.50. The van der Waals surface area contributed by atoms with Gasteiger partial charge in [0.1, 0.15) is 5.56 Å². The number of ether oxygens (including phenoxy) is 2. The first-order valence-corrected chi connectivity index (χ1v) is 6.45. The van der Waals surface area contributed by atoms with E-state index in [1.54, 1.807) is 30.5 Å². The number of hydrogen-bond donors (Lipinski definition) is 1. The fourth-order valence-corrected chi connectivity index (χ4v) is 2.11. The Morgan fingerprint density at radius 3 is 2.82 bits per heavy atom. The van der Waals surface area contributed by atoms with Crippen LogP contribution < -0.4 is 4.74 Å². The molecule has 0 radical (unpaired) electrons. The number of nitrogens with zero attached hydrogens (tertiary/aromatic N) is 3. The highest BCUT2D eigenvalue weighted by molar-refractivity contribution is 5.95. The highest BCUT2D eigenvalue weighted by atomic mass is 16.5. The molecule has 0 bridgehead atoms. The molecule has 3 aromatic rings. The van der Waals surface area contributed by atoms with Crippen molar-refractivity contribution < 1.29 is 19.4 Å². The summed E-state index contributed by atoms with van der Waals surface area (Å²) in [6.07, 6.45) is 1.69. The molecule has 112 valence electrons. The Morgan fingerprint density at radius 2 is 2.09 bits per heavy atom. The maximum atomic E-state index is 11.8. The van der Waals surface area contributed by atoms with Gasteiger partial charge in [0.25, 0.3) is 0 Å². The summed E-state index contributed by atoms with van der Waals surface area (Å²) in [6.45, 7) is 0. The van der Waals surface area contributed by atoms with Gasteiger partial charge in [0.2, 0.25) is 0 Å². The predicted octanol–water partition coefficient (Wildman–Crippen LogP) is 1.90. The Hall–Kier alpha value is -3.09. The van der Waals surface area contributed by atoms with E-state index < -0.39 is 5.97 Å². The number of aromatic hydroxyl groups is 1. The lowest BCUT2D eigenvalue weighted by Crippen LogP contribution is -2.04. The summed E-state index contributed by atoms with van der Waals surface area (Å²) in [6, 6.07) is 8.11. The van der Waals surface area contributed by atoms with Gasteiger partial charge in [-0.05, 0) is 30.3 Å². The minimum absolute atomic E-state index is 0.0327. The number of carbonyl (C=O) groups is 1. The average Bonchev–Trinajstić information content (AvgIpc) is 2.98. The van der Waals surface area contributed by atoms with Crippen LogP contribution in [0.15, 0.2) is 36.5 Å². The number of aromatic nitrogens is 3. The van der Waals surface area contributed by atoms with Crippen molar-refractivity contribution in [1.29, 1.82) is 0 Å². The Labute approximate surface area is 125 Å². The molecular formula is C15H13N3O4. The van der Waals surface area contributed by atoms with Gasteiger partial charge in [0.15, 0.2) is 23.0 Å². The molecule has 1 N–H and O–H groups in total. The van der Waals surface area contributed by atoms with Gasteiger partial charge in [-0.2, -0.15) is 0 Å². The highest BCUT2D eigenvalue weighted by Gasteiger charge is 2.16. The van der Waals surface area contributed by atoms with Crippen LogP contribution >= 0.6 is 0 Å². The maximum Gasteiger partial charge on any atom is 0.341 e. The third kappa shape index (κ3) is 2.22. The van der Waals surface area contributed by atoms with Gasteiger partial charge >= 0.3 is 5.97 Å². The maximum absolute atomic E-state index is 11.8. The van der Waals surface area contributed by atoms with Crippen LogP contribution in [0.25, 0.3) is 17.0 Å². The monoisotopic (exact) mass is 299 g/mol. The molecule has 0 aliphatic carbocycles. The number of phenols is 1. The van der Waals surface area contributed by atoms with Crippen molar-refractivity contribution in [3.05, 3.63) is 42.1 Å². The van der Waals surface area contributed by atoms with Crippen molar-refractivity contribution in [3.8, 4) is 22.9 Å². The predicted molar refractivity (Wildman–Crippen MR) is 78.0 cm³/mol. The lowest BCUT2D eigenvalue weighted by molar-refractivity contribution is 0.0602. The van der Waals surface area contributed by atoms with Crippen LogP contribution in [0.5, 0.6) is 11.5 Å². The molecule has 0 aliphatic rings.